The molecule has 0 aromatic rings. The third-order valence-electron chi connectivity index (χ3n) is 12.7. The zero-order chi connectivity index (χ0) is 52.9. The van der Waals surface area contributed by atoms with E-state index in [1.165, 1.54) is 193 Å². The van der Waals surface area contributed by atoms with Crippen LogP contribution in [0.15, 0.2) is 0 Å². The van der Waals surface area contributed by atoms with E-state index in [2.05, 4.69) is 13.8 Å². The van der Waals surface area contributed by atoms with E-state index >= 15 is 0 Å². The smallest absolute Gasteiger partial charge is 0.0701 e. The van der Waals surface area contributed by atoms with Crippen LogP contribution in [0.2, 0.25) is 0 Å². The SMILES string of the molecule is CCCCCCCCCCCCCCCCCCOCCOCCOCCOCCOCCOCCSSCCOCCOCCOCCOCCOCCOCCCCCCCCCCCCCCCCCC. The van der Waals surface area contributed by atoms with Crippen LogP contribution < -0.4 is 0 Å². The lowest BCUT2D eigenvalue weighted by Crippen LogP contribution is -2.14. The second kappa shape index (κ2) is 73.2. The van der Waals surface area contributed by atoms with Gasteiger partial charge in [0.05, 0.1) is 145 Å². The molecule has 74 heavy (non-hydrogen) atoms. The Morgan fingerprint density at radius 1 is 0.149 bits per heavy atom. The Morgan fingerprint density at radius 2 is 0.284 bits per heavy atom. The van der Waals surface area contributed by atoms with Gasteiger partial charge >= 0.3 is 0 Å². The second-order valence-corrected chi connectivity index (χ2v) is 22.3. The number of hydrogen-bond acceptors (Lipinski definition) is 14. The average Bonchev–Trinajstić information content (AvgIpc) is 3.41. The van der Waals surface area contributed by atoms with Gasteiger partial charge in [-0.2, -0.15) is 0 Å². The lowest BCUT2D eigenvalue weighted by Gasteiger charge is -2.08. The summed E-state index contributed by atoms with van der Waals surface area (Å²) >= 11 is 0. The van der Waals surface area contributed by atoms with Gasteiger partial charge in [-0.05, 0) is 12.8 Å². The minimum absolute atomic E-state index is 0.551. The summed E-state index contributed by atoms with van der Waals surface area (Å²) in [7, 11) is 3.60. The van der Waals surface area contributed by atoms with Crippen molar-refractivity contribution in [3.63, 3.8) is 0 Å². The first-order chi connectivity index (χ1) is 36.9. The molecule has 0 aliphatic heterocycles. The van der Waals surface area contributed by atoms with Crippen LogP contribution in [0.5, 0.6) is 0 Å². The van der Waals surface area contributed by atoms with Crippen molar-refractivity contribution in [2.75, 3.05) is 170 Å². The summed E-state index contributed by atoms with van der Waals surface area (Å²) in [5.74, 6) is 1.87. The van der Waals surface area contributed by atoms with Crippen LogP contribution in [-0.2, 0) is 56.8 Å². The molecule has 0 fully saturated rings. The van der Waals surface area contributed by atoms with Gasteiger partial charge in [0, 0.05) is 24.7 Å². The molecule has 0 radical (unpaired) electrons. The molecule has 0 aliphatic carbocycles. The van der Waals surface area contributed by atoms with Gasteiger partial charge in [-0.3, -0.25) is 0 Å². The molecule has 446 valence electrons. The van der Waals surface area contributed by atoms with Crippen LogP contribution in [-0.4, -0.2) is 170 Å². The topological polar surface area (TPSA) is 111 Å². The maximum absolute atomic E-state index is 5.72. The van der Waals surface area contributed by atoms with Gasteiger partial charge in [-0.1, -0.05) is 228 Å². The zero-order valence-corrected chi connectivity index (χ0v) is 50.4. The second-order valence-electron chi connectivity index (χ2n) is 19.6. The van der Waals surface area contributed by atoms with E-state index in [0.29, 0.717) is 145 Å². The van der Waals surface area contributed by atoms with Crippen molar-refractivity contribution in [1.82, 2.24) is 0 Å². The first kappa shape index (κ1) is 74.2. The molecule has 0 heterocycles. The maximum Gasteiger partial charge on any atom is 0.0701 e. The Bertz CT molecular complexity index is 877. The van der Waals surface area contributed by atoms with Gasteiger partial charge in [0.25, 0.3) is 0 Å². The lowest BCUT2D eigenvalue weighted by atomic mass is 10.0. The molecule has 0 saturated heterocycles. The van der Waals surface area contributed by atoms with Gasteiger partial charge in [0.1, 0.15) is 0 Å². The number of rotatable bonds is 71. The molecular weight excluding hydrogens is 977 g/mol. The minimum Gasteiger partial charge on any atom is -0.379 e. The van der Waals surface area contributed by atoms with E-state index in [0.717, 1.165) is 37.6 Å². The predicted molar refractivity (Wildman–Crippen MR) is 314 cm³/mol. The van der Waals surface area contributed by atoms with Crippen molar-refractivity contribution in [2.45, 2.75) is 219 Å². The third-order valence-corrected chi connectivity index (χ3v) is 15.0. The van der Waals surface area contributed by atoms with Gasteiger partial charge < -0.3 is 56.8 Å². The van der Waals surface area contributed by atoms with Crippen molar-refractivity contribution in [2.24, 2.45) is 0 Å². The first-order valence-electron chi connectivity index (χ1n) is 31.1. The molecule has 0 amide bonds. The molecule has 0 unspecified atom stereocenters. The highest BCUT2D eigenvalue weighted by atomic mass is 33.1. The molecule has 0 rings (SSSR count). The molecule has 0 atom stereocenters. The zero-order valence-electron chi connectivity index (χ0n) is 48.7. The summed E-state index contributed by atoms with van der Waals surface area (Å²) < 4.78 is 67.5. The highest BCUT2D eigenvalue weighted by Crippen LogP contribution is 2.20. The first-order valence-corrected chi connectivity index (χ1v) is 33.6. The van der Waals surface area contributed by atoms with E-state index in [4.69, 9.17) is 56.8 Å². The molecule has 0 aromatic heterocycles. The summed E-state index contributed by atoms with van der Waals surface area (Å²) in [5, 5.41) is 0. The van der Waals surface area contributed by atoms with Crippen molar-refractivity contribution in [3.05, 3.63) is 0 Å². The van der Waals surface area contributed by atoms with Crippen LogP contribution in [0.3, 0.4) is 0 Å². The fourth-order valence-corrected chi connectivity index (χ4v) is 9.93. The van der Waals surface area contributed by atoms with E-state index < -0.39 is 0 Å². The summed E-state index contributed by atoms with van der Waals surface area (Å²) in [4.78, 5) is 0. The van der Waals surface area contributed by atoms with Gasteiger partial charge in [0.15, 0.2) is 0 Å². The Kier molecular flexibility index (Phi) is 73.4. The summed E-state index contributed by atoms with van der Waals surface area (Å²) in [5.41, 5.74) is 0. The van der Waals surface area contributed by atoms with Crippen LogP contribution in [0.1, 0.15) is 219 Å². The number of hydrogen-bond donors (Lipinski definition) is 0. The molecule has 12 nitrogen and oxygen atoms in total. The van der Waals surface area contributed by atoms with Gasteiger partial charge in [-0.25, -0.2) is 0 Å². The minimum atomic E-state index is 0.551. The quantitative estimate of drug-likeness (QED) is 0.0425. The molecule has 0 saturated carbocycles. The molecule has 0 bridgehead atoms. The third kappa shape index (κ3) is 72.2. The summed E-state index contributed by atoms with van der Waals surface area (Å²) in [6.45, 7) is 19.3. The average molecular weight is 1100 g/mol. The van der Waals surface area contributed by atoms with Crippen molar-refractivity contribution in [3.8, 4) is 0 Å². The maximum atomic E-state index is 5.72. The molecular formula is C60H122O12S2. The van der Waals surface area contributed by atoms with E-state index in [-0.39, 0.29) is 0 Å². The Balaban J connectivity index is 3.07. The largest absolute Gasteiger partial charge is 0.379 e. The number of unbranched alkanes of at least 4 members (excludes halogenated alkanes) is 30. The van der Waals surface area contributed by atoms with Crippen molar-refractivity contribution >= 4 is 21.6 Å². The summed E-state index contributed by atoms with van der Waals surface area (Å²) in [6, 6.07) is 0. The molecule has 0 spiro atoms. The fraction of sp³-hybridized carbons (Fsp3) is 1.00. The van der Waals surface area contributed by atoms with Crippen LogP contribution in [0.25, 0.3) is 0 Å². The van der Waals surface area contributed by atoms with Crippen molar-refractivity contribution < 1.29 is 56.8 Å². The lowest BCUT2D eigenvalue weighted by molar-refractivity contribution is -0.0162. The van der Waals surface area contributed by atoms with E-state index in [1.54, 1.807) is 21.6 Å². The number of ether oxygens (including phenoxy) is 12. The molecule has 14 heteroatoms. The molecule has 0 aliphatic rings. The Labute approximate surface area is 465 Å². The van der Waals surface area contributed by atoms with E-state index in [9.17, 15) is 0 Å². The normalized spacial score (nSPS) is 11.8. The highest BCUT2D eigenvalue weighted by Gasteiger charge is 2.01. The highest BCUT2D eigenvalue weighted by molar-refractivity contribution is 8.76. The Hall–Kier alpha value is 0.220. The standard InChI is InChI=1S/C60H122O12S2/c1-3-5-7-9-11-13-15-17-19-21-23-25-27-29-31-33-35-61-37-39-63-41-43-65-45-47-67-49-51-69-53-55-71-57-59-73-74-60-58-72-56-54-70-52-50-68-48-46-66-44-42-64-40-38-62-36-34-32-30-28-26-24-22-20-18-16-14-12-10-8-6-4-2/h3-60H2,1-2H3. The van der Waals surface area contributed by atoms with Gasteiger partial charge in [-0.15, -0.1) is 0 Å². The van der Waals surface area contributed by atoms with Crippen LogP contribution >= 0.6 is 21.6 Å². The van der Waals surface area contributed by atoms with Crippen molar-refractivity contribution in [1.29, 1.82) is 0 Å². The predicted octanol–water partition coefficient (Wildman–Crippen LogP) is 15.1. The van der Waals surface area contributed by atoms with Crippen LogP contribution in [0, 0.1) is 0 Å². The van der Waals surface area contributed by atoms with Crippen LogP contribution in [0.4, 0.5) is 0 Å². The fourth-order valence-electron chi connectivity index (χ4n) is 8.21. The monoisotopic (exact) mass is 1100 g/mol. The molecule has 0 aromatic carbocycles. The Morgan fingerprint density at radius 3 is 0.459 bits per heavy atom. The molecule has 0 N–H and O–H groups in total. The van der Waals surface area contributed by atoms with E-state index in [1.807, 2.05) is 0 Å². The summed E-state index contributed by atoms with van der Waals surface area (Å²) in [6.07, 6.45) is 44.5. The van der Waals surface area contributed by atoms with Gasteiger partial charge in [0.2, 0.25) is 0 Å².